The predicted octanol–water partition coefficient (Wildman–Crippen LogP) is 3.26. The molecule has 5 nitrogen and oxygen atoms in total. The molecule has 0 bridgehead atoms. The first-order valence-corrected chi connectivity index (χ1v) is 8.52. The molecule has 1 amide bonds. The molecule has 128 valence electrons. The fourth-order valence-corrected chi connectivity index (χ4v) is 3.16. The van der Waals surface area contributed by atoms with Crippen LogP contribution < -0.4 is 10.6 Å². The Morgan fingerprint density at radius 3 is 2.67 bits per heavy atom. The molecule has 2 N–H and O–H groups in total. The summed E-state index contributed by atoms with van der Waals surface area (Å²) in [6, 6.07) is 7.51. The fraction of sp³-hybridized carbons (Fsp3) is 0.526. The fourth-order valence-electron chi connectivity index (χ4n) is 3.16. The number of hydrogen-bond acceptors (Lipinski definition) is 4. The first kappa shape index (κ1) is 18.0. The van der Waals surface area contributed by atoms with Crippen molar-refractivity contribution in [3.63, 3.8) is 0 Å². The van der Waals surface area contributed by atoms with Crippen LogP contribution in [0.1, 0.15) is 62.4 Å². The van der Waals surface area contributed by atoms with E-state index in [1.54, 1.807) is 18.2 Å². The molecule has 1 saturated carbocycles. The number of amides is 1. The monoisotopic (exact) mass is 327 g/mol. The third-order valence-corrected chi connectivity index (χ3v) is 4.38. The second-order valence-electron chi connectivity index (χ2n) is 6.80. The van der Waals surface area contributed by atoms with Crippen molar-refractivity contribution in [3.8, 4) is 6.07 Å². The van der Waals surface area contributed by atoms with E-state index in [9.17, 15) is 14.9 Å². The van der Waals surface area contributed by atoms with Crippen LogP contribution in [0, 0.1) is 17.2 Å². The van der Waals surface area contributed by atoms with Crippen molar-refractivity contribution >= 4 is 17.4 Å². The maximum atomic E-state index is 12.2. The average molecular weight is 327 g/mol. The zero-order valence-corrected chi connectivity index (χ0v) is 14.6. The lowest BCUT2D eigenvalue weighted by Crippen LogP contribution is -2.40. The Bertz CT molecular complexity index is 661. The highest BCUT2D eigenvalue weighted by Crippen LogP contribution is 2.28. The van der Waals surface area contributed by atoms with Gasteiger partial charge in [0.1, 0.15) is 6.07 Å². The third kappa shape index (κ3) is 4.58. The lowest BCUT2D eigenvalue weighted by atomic mass is 9.84. The van der Waals surface area contributed by atoms with Gasteiger partial charge < -0.3 is 10.6 Å². The smallest absolute Gasteiger partial charge is 0.223 e. The Kier molecular flexibility index (Phi) is 5.97. The van der Waals surface area contributed by atoms with Gasteiger partial charge in [-0.3, -0.25) is 9.59 Å². The molecule has 5 heteroatoms. The Morgan fingerprint density at radius 2 is 2.04 bits per heavy atom. The van der Waals surface area contributed by atoms with Gasteiger partial charge in [0.05, 0.1) is 11.3 Å². The van der Waals surface area contributed by atoms with Gasteiger partial charge in [0.2, 0.25) is 5.91 Å². The minimum absolute atomic E-state index is 0.000162. The molecular formula is C19H25N3O2. The lowest BCUT2D eigenvalue weighted by Gasteiger charge is -2.30. The number of carbonyl (C=O) groups excluding carboxylic acids is 2. The van der Waals surface area contributed by atoms with Crippen LogP contribution in [0.2, 0.25) is 0 Å². The molecule has 1 aliphatic carbocycles. The summed E-state index contributed by atoms with van der Waals surface area (Å²) in [7, 11) is 0. The molecule has 1 aromatic carbocycles. The number of benzene rings is 1. The largest absolute Gasteiger partial charge is 0.381 e. The van der Waals surface area contributed by atoms with Gasteiger partial charge >= 0.3 is 0 Å². The molecule has 0 aromatic heterocycles. The van der Waals surface area contributed by atoms with Crippen LogP contribution in [0.3, 0.4) is 0 Å². The average Bonchev–Trinajstić information content (AvgIpc) is 2.54. The van der Waals surface area contributed by atoms with Crippen LogP contribution >= 0.6 is 0 Å². The Morgan fingerprint density at radius 1 is 1.29 bits per heavy atom. The molecule has 2 rings (SSSR count). The molecular weight excluding hydrogens is 302 g/mol. The maximum absolute atomic E-state index is 12.2. The van der Waals surface area contributed by atoms with Crippen LogP contribution in [0.4, 0.5) is 5.69 Å². The van der Waals surface area contributed by atoms with Crippen LogP contribution in [-0.2, 0) is 4.79 Å². The van der Waals surface area contributed by atoms with Gasteiger partial charge in [0.15, 0.2) is 5.78 Å². The number of Topliss-reactive ketones (excluding diaryl/α,β-unsaturated/α-hetero) is 1. The summed E-state index contributed by atoms with van der Waals surface area (Å²) in [6.07, 6.45) is 3.58. The first-order valence-electron chi connectivity index (χ1n) is 8.52. The summed E-state index contributed by atoms with van der Waals surface area (Å²) >= 11 is 0. The van der Waals surface area contributed by atoms with Crippen LogP contribution in [0.25, 0.3) is 0 Å². The lowest BCUT2D eigenvalue weighted by molar-refractivity contribution is -0.126. The number of nitrogens with one attached hydrogen (secondary N) is 2. The van der Waals surface area contributed by atoms with Gasteiger partial charge in [-0.05, 0) is 58.2 Å². The highest BCUT2D eigenvalue weighted by atomic mass is 16.2. The van der Waals surface area contributed by atoms with Gasteiger partial charge in [-0.15, -0.1) is 0 Å². The van der Waals surface area contributed by atoms with Crippen molar-refractivity contribution in [1.82, 2.24) is 5.32 Å². The normalized spacial score (nSPS) is 20.3. The van der Waals surface area contributed by atoms with Gasteiger partial charge in [-0.2, -0.15) is 5.26 Å². The Labute approximate surface area is 143 Å². The van der Waals surface area contributed by atoms with Gasteiger partial charge in [-0.25, -0.2) is 0 Å². The van der Waals surface area contributed by atoms with E-state index in [-0.39, 0.29) is 29.7 Å². The number of nitrogens with zero attached hydrogens (tertiary/aromatic N) is 1. The standard InChI is InChI=1S/C19H25N3O2/c1-12(2)21-19(24)15-5-4-6-17(9-15)22-18-10-14(13(3)23)7-8-16(18)11-20/h7-8,10,12,15,17,22H,4-6,9H2,1-3H3,(H,21,24). The summed E-state index contributed by atoms with van der Waals surface area (Å²) < 4.78 is 0. The Hall–Kier alpha value is -2.35. The van der Waals surface area contributed by atoms with E-state index in [4.69, 9.17) is 0 Å². The summed E-state index contributed by atoms with van der Waals surface area (Å²) in [4.78, 5) is 23.8. The molecule has 2 unspecified atom stereocenters. The van der Waals surface area contributed by atoms with E-state index in [0.717, 1.165) is 25.7 Å². The van der Waals surface area contributed by atoms with E-state index in [2.05, 4.69) is 16.7 Å². The van der Waals surface area contributed by atoms with Crippen molar-refractivity contribution in [2.24, 2.45) is 5.92 Å². The molecule has 0 aliphatic heterocycles. The van der Waals surface area contributed by atoms with E-state index in [1.165, 1.54) is 6.92 Å². The highest BCUT2D eigenvalue weighted by Gasteiger charge is 2.27. The summed E-state index contributed by atoms with van der Waals surface area (Å²) in [5.74, 6) is 0.0787. The second kappa shape index (κ2) is 7.96. The van der Waals surface area contributed by atoms with Gasteiger partial charge in [-0.1, -0.05) is 6.42 Å². The molecule has 24 heavy (non-hydrogen) atoms. The van der Waals surface area contributed by atoms with Crippen molar-refractivity contribution in [2.45, 2.75) is 58.5 Å². The van der Waals surface area contributed by atoms with E-state index in [0.29, 0.717) is 16.8 Å². The van der Waals surface area contributed by atoms with E-state index in [1.807, 2.05) is 13.8 Å². The first-order chi connectivity index (χ1) is 11.4. The molecule has 0 spiro atoms. The maximum Gasteiger partial charge on any atom is 0.223 e. The third-order valence-electron chi connectivity index (χ3n) is 4.38. The van der Waals surface area contributed by atoms with E-state index < -0.39 is 0 Å². The van der Waals surface area contributed by atoms with Gasteiger partial charge in [0.25, 0.3) is 0 Å². The Balaban J connectivity index is 2.10. The number of ketones is 1. The molecule has 1 aliphatic rings. The molecule has 0 radical (unpaired) electrons. The van der Waals surface area contributed by atoms with Crippen LogP contribution in [0.5, 0.6) is 0 Å². The molecule has 2 atom stereocenters. The number of hydrogen-bond donors (Lipinski definition) is 2. The zero-order valence-electron chi connectivity index (χ0n) is 14.6. The predicted molar refractivity (Wildman–Crippen MR) is 93.8 cm³/mol. The minimum Gasteiger partial charge on any atom is -0.381 e. The molecule has 0 heterocycles. The summed E-state index contributed by atoms with van der Waals surface area (Å²) in [5.41, 5.74) is 1.79. The van der Waals surface area contributed by atoms with Crippen LogP contribution in [-0.4, -0.2) is 23.8 Å². The second-order valence-corrected chi connectivity index (χ2v) is 6.80. The van der Waals surface area contributed by atoms with Crippen molar-refractivity contribution in [2.75, 3.05) is 5.32 Å². The van der Waals surface area contributed by atoms with Crippen molar-refractivity contribution < 1.29 is 9.59 Å². The molecule has 1 fully saturated rings. The SMILES string of the molecule is CC(=O)c1ccc(C#N)c(NC2CCCC(C(=O)NC(C)C)C2)c1. The number of carbonyl (C=O) groups is 2. The zero-order chi connectivity index (χ0) is 17.7. The highest BCUT2D eigenvalue weighted by molar-refractivity contribution is 5.95. The topological polar surface area (TPSA) is 82.0 Å². The number of anilines is 1. The van der Waals surface area contributed by atoms with E-state index >= 15 is 0 Å². The van der Waals surface area contributed by atoms with Crippen LogP contribution in [0.15, 0.2) is 18.2 Å². The number of rotatable bonds is 5. The van der Waals surface area contributed by atoms with Gasteiger partial charge in [0, 0.05) is 23.6 Å². The van der Waals surface area contributed by atoms with Crippen molar-refractivity contribution in [3.05, 3.63) is 29.3 Å². The summed E-state index contributed by atoms with van der Waals surface area (Å²) in [5, 5.41) is 15.6. The number of nitriles is 1. The quantitative estimate of drug-likeness (QED) is 0.813. The minimum atomic E-state index is -0.0274. The summed E-state index contributed by atoms with van der Waals surface area (Å²) in [6.45, 7) is 5.43. The van der Waals surface area contributed by atoms with Crippen molar-refractivity contribution in [1.29, 1.82) is 5.26 Å². The molecule has 1 aromatic rings. The molecule has 0 saturated heterocycles.